The number of rotatable bonds is 6. The fourth-order valence-corrected chi connectivity index (χ4v) is 4.68. The van der Waals surface area contributed by atoms with E-state index in [2.05, 4.69) is 48.2 Å². The normalized spacial score (nSPS) is 27.9. The average Bonchev–Trinajstić information content (AvgIpc) is 2.98. The van der Waals surface area contributed by atoms with Gasteiger partial charge in [-0.15, -0.1) is 0 Å². The van der Waals surface area contributed by atoms with Gasteiger partial charge in [0.2, 0.25) is 0 Å². The van der Waals surface area contributed by atoms with Gasteiger partial charge in [-0.1, -0.05) is 49.4 Å². The molecular weight excluding hydrogens is 312 g/mol. The molecule has 0 bridgehead atoms. The molecule has 2 unspecified atom stereocenters. The second kappa shape index (κ2) is 6.26. The van der Waals surface area contributed by atoms with E-state index in [1.165, 1.54) is 12.0 Å². The van der Waals surface area contributed by atoms with Crippen molar-refractivity contribution in [1.29, 1.82) is 0 Å². The zero-order valence-corrected chi connectivity index (χ0v) is 14.6. The summed E-state index contributed by atoms with van der Waals surface area (Å²) in [4.78, 5) is 13.3. The number of benzene rings is 2. The van der Waals surface area contributed by atoms with Crippen LogP contribution in [0.25, 0.3) is 0 Å². The minimum atomic E-state index is -0.291. The van der Waals surface area contributed by atoms with Gasteiger partial charge in [0, 0.05) is 30.6 Å². The van der Waals surface area contributed by atoms with Crippen LogP contribution < -0.4 is 0 Å². The molecule has 1 saturated heterocycles. The lowest BCUT2D eigenvalue weighted by Crippen LogP contribution is -2.30. The van der Waals surface area contributed by atoms with Gasteiger partial charge in [-0.2, -0.15) is 0 Å². The van der Waals surface area contributed by atoms with Gasteiger partial charge in [-0.05, 0) is 42.3 Å². The standard InChI is InChI=1S/C21H24N2O2/c1-21(17-10-5-11-18(13-17)23(24)25)19-14-22(15-20(19)21)12-6-9-16-7-3-2-4-8-16/h2-5,7-8,10-11,13,19-20H,6,9,12,14-15H2,1H3. The van der Waals surface area contributed by atoms with E-state index in [4.69, 9.17) is 0 Å². The summed E-state index contributed by atoms with van der Waals surface area (Å²) in [5.74, 6) is 1.29. The molecule has 1 saturated carbocycles. The van der Waals surface area contributed by atoms with Crippen molar-refractivity contribution in [3.63, 3.8) is 0 Å². The molecule has 4 heteroatoms. The summed E-state index contributed by atoms with van der Waals surface area (Å²) in [5, 5.41) is 11.0. The molecular formula is C21H24N2O2. The van der Waals surface area contributed by atoms with Crippen molar-refractivity contribution in [2.24, 2.45) is 11.8 Å². The maximum absolute atomic E-state index is 11.0. The number of nitro groups is 1. The zero-order valence-electron chi connectivity index (χ0n) is 14.6. The highest BCUT2D eigenvalue weighted by Gasteiger charge is 2.65. The van der Waals surface area contributed by atoms with Crippen LogP contribution in [0.4, 0.5) is 5.69 Å². The lowest BCUT2D eigenvalue weighted by Gasteiger charge is -2.24. The van der Waals surface area contributed by atoms with Crippen LogP contribution in [0.2, 0.25) is 0 Å². The van der Waals surface area contributed by atoms with Gasteiger partial charge in [-0.3, -0.25) is 10.1 Å². The van der Waals surface area contributed by atoms with Crippen molar-refractivity contribution < 1.29 is 4.92 Å². The summed E-state index contributed by atoms with van der Waals surface area (Å²) < 4.78 is 0. The molecule has 0 aromatic heterocycles. The van der Waals surface area contributed by atoms with E-state index < -0.39 is 0 Å². The Labute approximate surface area is 148 Å². The number of likely N-dealkylation sites (tertiary alicyclic amines) is 1. The Kier molecular flexibility index (Phi) is 4.08. The van der Waals surface area contributed by atoms with Crippen molar-refractivity contribution in [2.75, 3.05) is 19.6 Å². The van der Waals surface area contributed by atoms with Crippen molar-refractivity contribution in [3.8, 4) is 0 Å². The molecule has 25 heavy (non-hydrogen) atoms. The molecule has 4 rings (SSSR count). The summed E-state index contributed by atoms with van der Waals surface area (Å²) >= 11 is 0. The molecule has 0 amide bonds. The Morgan fingerprint density at radius 1 is 1.12 bits per heavy atom. The van der Waals surface area contributed by atoms with E-state index >= 15 is 0 Å². The highest BCUT2D eigenvalue weighted by Crippen LogP contribution is 2.63. The quantitative estimate of drug-likeness (QED) is 0.590. The molecule has 1 aliphatic carbocycles. The van der Waals surface area contributed by atoms with Gasteiger partial charge in [0.15, 0.2) is 0 Å². The van der Waals surface area contributed by atoms with Crippen molar-refractivity contribution in [1.82, 2.24) is 4.90 Å². The van der Waals surface area contributed by atoms with E-state index in [0.29, 0.717) is 11.8 Å². The highest BCUT2D eigenvalue weighted by atomic mass is 16.6. The average molecular weight is 336 g/mol. The van der Waals surface area contributed by atoms with Crippen LogP contribution in [-0.2, 0) is 11.8 Å². The molecule has 2 atom stereocenters. The van der Waals surface area contributed by atoms with Crippen LogP contribution in [0.5, 0.6) is 0 Å². The first-order chi connectivity index (χ1) is 12.1. The fourth-order valence-electron chi connectivity index (χ4n) is 4.68. The number of aryl methyl sites for hydroxylation is 1. The Hall–Kier alpha value is -2.20. The Balaban J connectivity index is 1.32. The maximum Gasteiger partial charge on any atom is 0.269 e. The molecule has 0 N–H and O–H groups in total. The van der Waals surface area contributed by atoms with Crippen LogP contribution in [0, 0.1) is 22.0 Å². The number of hydrogen-bond acceptors (Lipinski definition) is 3. The molecule has 130 valence electrons. The SMILES string of the molecule is CC1(c2cccc([N+](=O)[O-])c2)C2CN(CCCc3ccccc3)CC21. The van der Waals surface area contributed by atoms with E-state index in [1.807, 2.05) is 6.07 Å². The zero-order chi connectivity index (χ0) is 17.4. The fraction of sp³-hybridized carbons (Fsp3) is 0.429. The number of piperidine rings is 1. The van der Waals surface area contributed by atoms with Crippen molar-refractivity contribution in [3.05, 3.63) is 75.8 Å². The van der Waals surface area contributed by atoms with Gasteiger partial charge in [0.05, 0.1) is 4.92 Å². The third-order valence-electron chi connectivity index (χ3n) is 6.29. The van der Waals surface area contributed by atoms with Crippen LogP contribution in [0.3, 0.4) is 0 Å². The number of fused-ring (bicyclic) bond motifs is 1. The van der Waals surface area contributed by atoms with Gasteiger partial charge in [-0.25, -0.2) is 0 Å². The largest absolute Gasteiger partial charge is 0.303 e. The Bertz CT molecular complexity index is 762. The molecule has 1 heterocycles. The molecule has 4 nitrogen and oxygen atoms in total. The summed E-state index contributed by atoms with van der Waals surface area (Å²) in [7, 11) is 0. The van der Waals surface area contributed by atoms with Crippen LogP contribution in [0.1, 0.15) is 24.5 Å². The van der Waals surface area contributed by atoms with Gasteiger partial charge in [0.25, 0.3) is 5.69 Å². The lowest BCUT2D eigenvalue weighted by molar-refractivity contribution is -0.384. The van der Waals surface area contributed by atoms with Gasteiger partial charge < -0.3 is 4.90 Å². The molecule has 2 aromatic rings. The predicted octanol–water partition coefficient (Wildman–Crippen LogP) is 4.05. The second-order valence-corrected chi connectivity index (χ2v) is 7.65. The number of non-ortho nitro benzene ring substituents is 1. The third-order valence-corrected chi connectivity index (χ3v) is 6.29. The molecule has 0 spiro atoms. The smallest absolute Gasteiger partial charge is 0.269 e. The van der Waals surface area contributed by atoms with Crippen LogP contribution in [0.15, 0.2) is 54.6 Å². The summed E-state index contributed by atoms with van der Waals surface area (Å²) in [6.45, 7) is 5.67. The van der Waals surface area contributed by atoms with E-state index in [-0.39, 0.29) is 16.0 Å². The Morgan fingerprint density at radius 3 is 2.52 bits per heavy atom. The molecule has 2 aromatic carbocycles. The van der Waals surface area contributed by atoms with Crippen molar-refractivity contribution in [2.45, 2.75) is 25.2 Å². The first kappa shape index (κ1) is 16.3. The lowest BCUT2D eigenvalue weighted by atomic mass is 9.92. The van der Waals surface area contributed by atoms with Gasteiger partial charge >= 0.3 is 0 Å². The second-order valence-electron chi connectivity index (χ2n) is 7.65. The molecule has 1 aliphatic heterocycles. The number of hydrogen-bond donors (Lipinski definition) is 0. The molecule has 0 radical (unpaired) electrons. The first-order valence-corrected chi connectivity index (χ1v) is 9.10. The van der Waals surface area contributed by atoms with Crippen LogP contribution >= 0.6 is 0 Å². The van der Waals surface area contributed by atoms with Gasteiger partial charge in [0.1, 0.15) is 0 Å². The highest BCUT2D eigenvalue weighted by molar-refractivity contribution is 5.44. The summed E-state index contributed by atoms with van der Waals surface area (Å²) in [6.07, 6.45) is 2.33. The predicted molar refractivity (Wildman–Crippen MR) is 98.6 cm³/mol. The maximum atomic E-state index is 11.0. The van der Waals surface area contributed by atoms with E-state index in [0.717, 1.165) is 31.6 Å². The number of nitro benzene ring substituents is 1. The molecule has 2 aliphatic rings. The topological polar surface area (TPSA) is 46.4 Å². The number of nitrogens with zero attached hydrogens (tertiary/aromatic N) is 2. The van der Waals surface area contributed by atoms with Crippen molar-refractivity contribution >= 4 is 5.69 Å². The minimum absolute atomic E-state index is 0.127. The monoisotopic (exact) mass is 336 g/mol. The summed E-state index contributed by atoms with van der Waals surface area (Å²) in [6, 6.07) is 17.9. The summed E-state index contributed by atoms with van der Waals surface area (Å²) in [5.41, 5.74) is 2.89. The first-order valence-electron chi connectivity index (χ1n) is 9.10. The third kappa shape index (κ3) is 2.95. The van der Waals surface area contributed by atoms with E-state index in [9.17, 15) is 10.1 Å². The van der Waals surface area contributed by atoms with E-state index in [1.54, 1.807) is 12.1 Å². The van der Waals surface area contributed by atoms with Crippen LogP contribution in [-0.4, -0.2) is 29.5 Å². The molecule has 2 fully saturated rings. The minimum Gasteiger partial charge on any atom is -0.303 e. The Morgan fingerprint density at radius 2 is 1.84 bits per heavy atom.